The van der Waals surface area contributed by atoms with Gasteiger partial charge in [0.05, 0.1) is 0 Å². The van der Waals surface area contributed by atoms with Gasteiger partial charge in [0, 0.05) is 60.5 Å². The molecule has 190 valence electrons. The van der Waals surface area contributed by atoms with Crippen LogP contribution in [0.25, 0.3) is 11.1 Å². The summed E-state index contributed by atoms with van der Waals surface area (Å²) in [6.45, 7) is 10.4. The molecule has 1 saturated heterocycles. The van der Waals surface area contributed by atoms with E-state index in [4.69, 9.17) is 10.5 Å². The van der Waals surface area contributed by atoms with Crippen molar-refractivity contribution in [3.63, 3.8) is 0 Å². The number of nitrogens with one attached hydrogen (secondary N) is 2. The molecule has 0 saturated carbocycles. The molecule has 7 nitrogen and oxygen atoms in total. The SMILES string of the molecule is CCN(c1cc(-c2ccc(N)cc2)cc(C(=O)NCc2c(C)cc(C)[nH]c2=O)c1C)C1CCOCC1. The highest BCUT2D eigenvalue weighted by molar-refractivity contribution is 5.99. The predicted molar refractivity (Wildman–Crippen MR) is 146 cm³/mol. The normalized spacial score (nSPS) is 14.0. The number of hydrogen-bond acceptors (Lipinski definition) is 5. The van der Waals surface area contributed by atoms with E-state index in [-0.39, 0.29) is 18.0 Å². The summed E-state index contributed by atoms with van der Waals surface area (Å²) in [7, 11) is 0. The first-order valence-corrected chi connectivity index (χ1v) is 12.6. The number of ether oxygens (including phenoxy) is 1. The first kappa shape index (κ1) is 25.5. The second kappa shape index (κ2) is 11.0. The zero-order valence-electron chi connectivity index (χ0n) is 21.6. The maximum absolute atomic E-state index is 13.5. The molecule has 0 bridgehead atoms. The number of nitrogens with zero attached hydrogens (tertiary/aromatic N) is 1. The monoisotopic (exact) mass is 488 g/mol. The molecule has 1 aliphatic heterocycles. The van der Waals surface area contributed by atoms with Crippen molar-refractivity contribution in [3.8, 4) is 11.1 Å². The number of benzene rings is 2. The number of hydrogen-bond donors (Lipinski definition) is 3. The van der Waals surface area contributed by atoms with Crippen LogP contribution < -0.4 is 21.5 Å². The van der Waals surface area contributed by atoms with Gasteiger partial charge in [0.1, 0.15) is 0 Å². The van der Waals surface area contributed by atoms with Gasteiger partial charge >= 0.3 is 0 Å². The number of nitrogens with two attached hydrogens (primary N) is 1. The van der Waals surface area contributed by atoms with Gasteiger partial charge < -0.3 is 25.7 Å². The molecule has 7 heteroatoms. The van der Waals surface area contributed by atoms with Crippen LogP contribution in [0.5, 0.6) is 0 Å². The molecule has 36 heavy (non-hydrogen) atoms. The standard InChI is InChI=1S/C29H36N4O3/c1-5-33(24-10-12-36-13-11-24)27-16-22(21-6-8-23(30)9-7-21)15-25(20(27)4)28(34)31-17-26-18(2)14-19(3)32-29(26)35/h6-9,14-16,24H,5,10-13,17,30H2,1-4H3,(H,31,34)(H,32,35). The first-order chi connectivity index (χ1) is 17.3. The lowest BCUT2D eigenvalue weighted by atomic mass is 9.95. The smallest absolute Gasteiger partial charge is 0.253 e. The molecule has 1 amide bonds. The Balaban J connectivity index is 1.73. The van der Waals surface area contributed by atoms with Crippen molar-refractivity contribution in [1.82, 2.24) is 10.3 Å². The lowest BCUT2D eigenvalue weighted by Gasteiger charge is -2.37. The van der Waals surface area contributed by atoms with Crippen molar-refractivity contribution in [2.75, 3.05) is 30.4 Å². The number of rotatable bonds is 7. The minimum absolute atomic E-state index is 0.165. The van der Waals surface area contributed by atoms with E-state index >= 15 is 0 Å². The fourth-order valence-corrected chi connectivity index (χ4v) is 5.06. The second-order valence-electron chi connectivity index (χ2n) is 9.55. The number of aromatic nitrogens is 1. The summed E-state index contributed by atoms with van der Waals surface area (Å²) in [5.74, 6) is -0.201. The lowest BCUT2D eigenvalue weighted by molar-refractivity contribution is 0.0846. The number of amides is 1. The van der Waals surface area contributed by atoms with E-state index in [1.54, 1.807) is 0 Å². The molecule has 2 aromatic carbocycles. The third-order valence-corrected chi connectivity index (χ3v) is 7.07. The average Bonchev–Trinajstić information content (AvgIpc) is 2.86. The van der Waals surface area contributed by atoms with Crippen molar-refractivity contribution in [2.45, 2.75) is 53.1 Å². The fourth-order valence-electron chi connectivity index (χ4n) is 5.06. The number of pyridine rings is 1. The summed E-state index contributed by atoms with van der Waals surface area (Å²) < 4.78 is 5.60. The van der Waals surface area contributed by atoms with Gasteiger partial charge in [0.2, 0.25) is 0 Å². The van der Waals surface area contributed by atoms with Gasteiger partial charge in [0.15, 0.2) is 0 Å². The van der Waals surface area contributed by atoms with Crippen LogP contribution in [0.2, 0.25) is 0 Å². The number of aromatic amines is 1. The minimum atomic E-state index is -0.201. The third kappa shape index (κ3) is 5.46. The number of nitrogen functional groups attached to an aromatic ring is 1. The number of carbonyl (C=O) groups is 1. The molecule has 4 N–H and O–H groups in total. The number of anilines is 2. The summed E-state index contributed by atoms with van der Waals surface area (Å²) in [6, 6.07) is 14.1. The van der Waals surface area contributed by atoms with E-state index in [9.17, 15) is 9.59 Å². The van der Waals surface area contributed by atoms with Crippen LogP contribution in [-0.2, 0) is 11.3 Å². The lowest BCUT2D eigenvalue weighted by Crippen LogP contribution is -2.40. The van der Waals surface area contributed by atoms with Crippen LogP contribution in [0.15, 0.2) is 47.3 Å². The zero-order valence-corrected chi connectivity index (χ0v) is 21.6. The molecule has 0 spiro atoms. The van der Waals surface area contributed by atoms with Gasteiger partial charge in [0.25, 0.3) is 11.5 Å². The van der Waals surface area contributed by atoms with Crippen molar-refractivity contribution in [2.24, 2.45) is 0 Å². The van der Waals surface area contributed by atoms with Crippen LogP contribution in [-0.4, -0.2) is 36.7 Å². The zero-order chi connectivity index (χ0) is 25.8. The van der Waals surface area contributed by atoms with Crippen LogP contribution in [0.4, 0.5) is 11.4 Å². The molecule has 3 aromatic rings. The Morgan fingerprint density at radius 1 is 1.08 bits per heavy atom. The second-order valence-corrected chi connectivity index (χ2v) is 9.55. The van der Waals surface area contributed by atoms with E-state index in [1.807, 2.05) is 57.2 Å². The summed E-state index contributed by atoms with van der Waals surface area (Å²) in [5, 5.41) is 2.99. The Morgan fingerprint density at radius 3 is 2.42 bits per heavy atom. The molecule has 0 unspecified atom stereocenters. The van der Waals surface area contributed by atoms with Gasteiger partial charge in [-0.05, 0) is 93.1 Å². The molecule has 1 aliphatic rings. The van der Waals surface area contributed by atoms with E-state index in [1.165, 1.54) is 0 Å². The molecule has 0 atom stereocenters. The fraction of sp³-hybridized carbons (Fsp3) is 0.379. The average molecular weight is 489 g/mol. The quantitative estimate of drug-likeness (QED) is 0.426. The topological polar surface area (TPSA) is 100 Å². The summed E-state index contributed by atoms with van der Waals surface area (Å²) in [5.41, 5.74) is 13.2. The van der Waals surface area contributed by atoms with Crippen LogP contribution >= 0.6 is 0 Å². The van der Waals surface area contributed by atoms with Gasteiger partial charge in [-0.25, -0.2) is 0 Å². The highest BCUT2D eigenvalue weighted by atomic mass is 16.5. The highest BCUT2D eigenvalue weighted by Crippen LogP contribution is 2.34. The molecule has 4 rings (SSSR count). The maximum Gasteiger partial charge on any atom is 0.253 e. The van der Waals surface area contributed by atoms with E-state index in [0.29, 0.717) is 22.9 Å². The molecule has 0 aliphatic carbocycles. The summed E-state index contributed by atoms with van der Waals surface area (Å²) in [4.78, 5) is 31.2. The van der Waals surface area contributed by atoms with Crippen LogP contribution in [0, 0.1) is 20.8 Å². The highest BCUT2D eigenvalue weighted by Gasteiger charge is 2.25. The first-order valence-electron chi connectivity index (χ1n) is 12.6. The number of carbonyl (C=O) groups excluding carboxylic acids is 1. The Labute approximate surface area is 212 Å². The van der Waals surface area contributed by atoms with Gasteiger partial charge in [-0.15, -0.1) is 0 Å². The van der Waals surface area contributed by atoms with Crippen LogP contribution in [0.1, 0.15) is 52.5 Å². The Kier molecular flexibility index (Phi) is 7.79. The molecule has 2 heterocycles. The van der Waals surface area contributed by atoms with Crippen molar-refractivity contribution >= 4 is 17.3 Å². The van der Waals surface area contributed by atoms with E-state index < -0.39 is 0 Å². The summed E-state index contributed by atoms with van der Waals surface area (Å²) in [6.07, 6.45) is 1.91. The molecule has 1 fully saturated rings. The van der Waals surface area contributed by atoms with Gasteiger partial charge in [-0.2, -0.15) is 0 Å². The Hall–Kier alpha value is -3.58. The minimum Gasteiger partial charge on any atom is -0.399 e. The molecule has 0 radical (unpaired) electrons. The largest absolute Gasteiger partial charge is 0.399 e. The Bertz CT molecular complexity index is 1290. The van der Waals surface area contributed by atoms with Crippen molar-refractivity contribution < 1.29 is 9.53 Å². The summed E-state index contributed by atoms with van der Waals surface area (Å²) >= 11 is 0. The molecular weight excluding hydrogens is 452 g/mol. The van der Waals surface area contributed by atoms with Gasteiger partial charge in [-0.1, -0.05) is 12.1 Å². The van der Waals surface area contributed by atoms with E-state index in [2.05, 4.69) is 28.2 Å². The van der Waals surface area contributed by atoms with Crippen molar-refractivity contribution in [1.29, 1.82) is 0 Å². The number of aryl methyl sites for hydroxylation is 2. The predicted octanol–water partition coefficient (Wildman–Crippen LogP) is 4.48. The number of H-pyrrole nitrogens is 1. The maximum atomic E-state index is 13.5. The van der Waals surface area contributed by atoms with Gasteiger partial charge in [-0.3, -0.25) is 9.59 Å². The van der Waals surface area contributed by atoms with Crippen LogP contribution in [0.3, 0.4) is 0 Å². The third-order valence-electron chi connectivity index (χ3n) is 7.07. The molecular formula is C29H36N4O3. The Morgan fingerprint density at radius 2 is 1.78 bits per heavy atom. The molecule has 1 aromatic heterocycles. The van der Waals surface area contributed by atoms with Crippen molar-refractivity contribution in [3.05, 3.63) is 80.8 Å². The van der Waals surface area contributed by atoms with E-state index in [0.717, 1.165) is 66.2 Å².